The topological polar surface area (TPSA) is 55.5 Å². The molecule has 1 aromatic heterocycles. The van der Waals surface area contributed by atoms with Crippen LogP contribution in [-0.2, 0) is 6.42 Å². The lowest BCUT2D eigenvalue weighted by molar-refractivity contribution is -0.143. The van der Waals surface area contributed by atoms with E-state index in [9.17, 15) is 13.2 Å². The molecule has 1 aromatic carbocycles. The van der Waals surface area contributed by atoms with Crippen molar-refractivity contribution in [3.63, 3.8) is 0 Å². The van der Waals surface area contributed by atoms with Crippen molar-refractivity contribution in [2.75, 3.05) is 33.2 Å². The summed E-state index contributed by atoms with van der Waals surface area (Å²) in [6.45, 7) is 0.587. The van der Waals surface area contributed by atoms with Crippen LogP contribution in [0.4, 0.5) is 13.2 Å². The van der Waals surface area contributed by atoms with Gasteiger partial charge in [0.15, 0.2) is 5.96 Å². The van der Waals surface area contributed by atoms with Crippen molar-refractivity contribution in [2.45, 2.75) is 25.1 Å². The molecule has 1 saturated heterocycles. The van der Waals surface area contributed by atoms with Gasteiger partial charge in [0.1, 0.15) is 0 Å². The molecule has 0 bridgehead atoms. The number of aliphatic imine (C=N–C) groups is 1. The highest BCUT2D eigenvalue weighted by Gasteiger charge is 2.34. The van der Waals surface area contributed by atoms with Crippen LogP contribution in [0.15, 0.2) is 29.4 Å². The number of likely N-dealkylation sites (tertiary alicyclic amines) is 1. The van der Waals surface area contributed by atoms with Crippen molar-refractivity contribution in [2.24, 2.45) is 4.99 Å². The molecule has 0 aliphatic carbocycles. The summed E-state index contributed by atoms with van der Waals surface area (Å²) in [5, 5.41) is 8.22. The van der Waals surface area contributed by atoms with Gasteiger partial charge in [0.05, 0.1) is 6.54 Å². The Morgan fingerprint density at radius 3 is 2.89 bits per heavy atom. The van der Waals surface area contributed by atoms with Gasteiger partial charge in [-0.05, 0) is 36.6 Å². The molecule has 1 aliphatic heterocycles. The van der Waals surface area contributed by atoms with Crippen molar-refractivity contribution < 1.29 is 13.2 Å². The number of fused-ring (bicyclic) bond motifs is 1. The summed E-state index contributed by atoms with van der Waals surface area (Å²) in [5.41, 5.74) is 2.18. The molecule has 156 valence electrons. The molecule has 0 spiro atoms. The molecule has 1 unspecified atom stereocenters. The second-order valence-corrected chi connectivity index (χ2v) is 7.17. The molecule has 0 saturated carbocycles. The van der Waals surface area contributed by atoms with Crippen molar-refractivity contribution >= 4 is 52.4 Å². The van der Waals surface area contributed by atoms with Crippen LogP contribution < -0.4 is 10.6 Å². The molecule has 3 N–H and O–H groups in total. The van der Waals surface area contributed by atoms with Crippen molar-refractivity contribution in [3.05, 3.63) is 35.0 Å². The number of rotatable bonds is 5. The van der Waals surface area contributed by atoms with Gasteiger partial charge in [-0.25, -0.2) is 0 Å². The molecule has 1 aliphatic rings. The first-order valence-electron chi connectivity index (χ1n) is 8.86. The number of guanidine groups is 1. The van der Waals surface area contributed by atoms with Crippen molar-refractivity contribution in [3.8, 4) is 0 Å². The van der Waals surface area contributed by atoms with Crippen LogP contribution in [-0.4, -0.2) is 61.3 Å². The molecule has 2 aromatic rings. The van der Waals surface area contributed by atoms with Crippen molar-refractivity contribution in [1.29, 1.82) is 0 Å². The quantitative estimate of drug-likeness (QED) is 0.314. The van der Waals surface area contributed by atoms with Gasteiger partial charge in [0.25, 0.3) is 0 Å². The number of hydrogen-bond donors (Lipinski definition) is 3. The normalized spacial score (nSPS) is 18.3. The lowest BCUT2D eigenvalue weighted by Crippen LogP contribution is -2.45. The fourth-order valence-corrected chi connectivity index (χ4v) is 3.58. The maximum Gasteiger partial charge on any atom is 0.401 e. The summed E-state index contributed by atoms with van der Waals surface area (Å²) in [5.74, 6) is 0.603. The summed E-state index contributed by atoms with van der Waals surface area (Å²) in [7, 11) is 1.66. The van der Waals surface area contributed by atoms with Gasteiger partial charge in [-0.2, -0.15) is 13.2 Å². The van der Waals surface area contributed by atoms with Crippen LogP contribution in [0.25, 0.3) is 10.9 Å². The van der Waals surface area contributed by atoms with E-state index in [2.05, 4.69) is 20.6 Å². The highest BCUT2D eigenvalue weighted by molar-refractivity contribution is 14.0. The van der Waals surface area contributed by atoms with E-state index in [0.717, 1.165) is 22.9 Å². The molecule has 0 amide bonds. The van der Waals surface area contributed by atoms with Crippen LogP contribution >= 0.6 is 35.6 Å². The first-order chi connectivity index (χ1) is 12.8. The van der Waals surface area contributed by atoms with E-state index in [4.69, 9.17) is 11.6 Å². The third kappa shape index (κ3) is 6.41. The number of benzene rings is 1. The molecule has 2 heterocycles. The standard InChI is InChI=1S/C18H23ClF3N5.HI/c1-23-17(26-14-5-7-27(10-14)11-18(20,21)22)24-6-4-12-9-25-16-3-2-13(19)8-15(12)16;/h2-3,8-9,14,25H,4-7,10-11H2,1H3,(H2,23,24,26);1H. The van der Waals surface area contributed by atoms with Gasteiger partial charge in [-0.15, -0.1) is 24.0 Å². The van der Waals surface area contributed by atoms with E-state index in [1.54, 1.807) is 7.05 Å². The molecule has 28 heavy (non-hydrogen) atoms. The first-order valence-corrected chi connectivity index (χ1v) is 9.23. The van der Waals surface area contributed by atoms with Crippen LogP contribution in [0, 0.1) is 0 Å². The Balaban J connectivity index is 0.00000280. The number of aromatic amines is 1. The molecule has 5 nitrogen and oxygen atoms in total. The zero-order valence-electron chi connectivity index (χ0n) is 15.4. The Hall–Kier alpha value is -1.20. The predicted molar refractivity (Wildman–Crippen MR) is 118 cm³/mol. The SMILES string of the molecule is CN=C(NCCc1c[nH]c2ccc(Cl)cc12)NC1CCN(CC(F)(F)F)C1.I. The second kappa shape index (κ2) is 10.0. The fraction of sp³-hybridized carbons (Fsp3) is 0.500. The Labute approximate surface area is 184 Å². The Bertz CT molecular complexity index is 808. The number of hydrogen-bond acceptors (Lipinski definition) is 2. The maximum absolute atomic E-state index is 12.5. The number of nitrogens with zero attached hydrogens (tertiary/aromatic N) is 2. The lowest BCUT2D eigenvalue weighted by atomic mass is 10.1. The van der Waals surface area contributed by atoms with E-state index in [1.165, 1.54) is 4.90 Å². The summed E-state index contributed by atoms with van der Waals surface area (Å²) < 4.78 is 37.5. The molecule has 3 rings (SSSR count). The van der Waals surface area contributed by atoms with E-state index in [1.807, 2.05) is 24.4 Å². The number of H-pyrrole nitrogens is 1. The summed E-state index contributed by atoms with van der Waals surface area (Å²) in [6, 6.07) is 5.69. The van der Waals surface area contributed by atoms with Crippen molar-refractivity contribution in [1.82, 2.24) is 20.5 Å². The lowest BCUT2D eigenvalue weighted by Gasteiger charge is -2.19. The minimum absolute atomic E-state index is 0. The Morgan fingerprint density at radius 2 is 2.18 bits per heavy atom. The van der Waals surface area contributed by atoms with Crippen LogP contribution in [0.5, 0.6) is 0 Å². The predicted octanol–water partition coefficient (Wildman–Crippen LogP) is 3.78. The zero-order chi connectivity index (χ0) is 19.4. The summed E-state index contributed by atoms with van der Waals surface area (Å²) in [6.07, 6.45) is -0.758. The smallest absolute Gasteiger partial charge is 0.361 e. The van der Waals surface area contributed by atoms with Gasteiger partial charge >= 0.3 is 6.18 Å². The minimum Gasteiger partial charge on any atom is -0.361 e. The Morgan fingerprint density at radius 1 is 1.39 bits per heavy atom. The monoisotopic (exact) mass is 529 g/mol. The summed E-state index contributed by atoms with van der Waals surface area (Å²) in [4.78, 5) is 8.81. The molecular weight excluding hydrogens is 506 g/mol. The van der Waals surface area contributed by atoms with Crippen LogP contribution in [0.2, 0.25) is 5.02 Å². The molecule has 0 radical (unpaired) electrons. The maximum atomic E-state index is 12.5. The van der Waals surface area contributed by atoms with Gasteiger partial charge in [-0.3, -0.25) is 9.89 Å². The molecule has 10 heteroatoms. The largest absolute Gasteiger partial charge is 0.401 e. The van der Waals surface area contributed by atoms with E-state index >= 15 is 0 Å². The highest BCUT2D eigenvalue weighted by atomic mass is 127. The van der Waals surface area contributed by atoms with Crippen LogP contribution in [0.3, 0.4) is 0 Å². The number of nitrogens with one attached hydrogen (secondary N) is 3. The molecule has 1 atom stereocenters. The summed E-state index contributed by atoms with van der Waals surface area (Å²) >= 11 is 6.07. The van der Waals surface area contributed by atoms with Gasteiger partial charge in [-0.1, -0.05) is 11.6 Å². The third-order valence-corrected chi connectivity index (χ3v) is 4.89. The number of alkyl halides is 3. The third-order valence-electron chi connectivity index (χ3n) is 4.66. The zero-order valence-corrected chi connectivity index (χ0v) is 18.5. The van der Waals surface area contributed by atoms with Gasteiger partial charge in [0, 0.05) is 54.8 Å². The van der Waals surface area contributed by atoms with Crippen LogP contribution in [0.1, 0.15) is 12.0 Å². The van der Waals surface area contributed by atoms with E-state index in [0.29, 0.717) is 37.0 Å². The fourth-order valence-electron chi connectivity index (χ4n) is 3.41. The first kappa shape index (κ1) is 23.1. The average Bonchev–Trinajstić information content (AvgIpc) is 3.19. The second-order valence-electron chi connectivity index (χ2n) is 6.73. The van der Waals surface area contributed by atoms with Gasteiger partial charge in [0.2, 0.25) is 0 Å². The average molecular weight is 530 g/mol. The highest BCUT2D eigenvalue weighted by Crippen LogP contribution is 2.22. The number of aromatic nitrogens is 1. The Kier molecular flexibility index (Phi) is 8.26. The van der Waals surface area contributed by atoms with E-state index in [-0.39, 0.29) is 30.0 Å². The number of halogens is 5. The molecule has 1 fully saturated rings. The van der Waals surface area contributed by atoms with E-state index < -0.39 is 12.7 Å². The van der Waals surface area contributed by atoms with Gasteiger partial charge < -0.3 is 15.6 Å². The molecular formula is C18H24ClF3IN5. The minimum atomic E-state index is -4.16.